The van der Waals surface area contributed by atoms with Crippen molar-refractivity contribution in [2.24, 2.45) is 11.8 Å². The zero-order valence-electron chi connectivity index (χ0n) is 16.9. The highest BCUT2D eigenvalue weighted by Crippen LogP contribution is 2.38. The number of pyridine rings is 1. The molecule has 1 saturated heterocycles. The van der Waals surface area contributed by atoms with E-state index in [0.29, 0.717) is 35.4 Å². The second kappa shape index (κ2) is 10.4. The fourth-order valence-corrected chi connectivity index (χ4v) is 5.42. The Kier molecular flexibility index (Phi) is 7.87. The molecule has 2 heterocycles. The van der Waals surface area contributed by atoms with Gasteiger partial charge in [0.05, 0.1) is 23.9 Å². The summed E-state index contributed by atoms with van der Waals surface area (Å²) in [4.78, 5) is 5.49. The molecule has 1 fully saturated rings. The zero-order valence-corrected chi connectivity index (χ0v) is 18.4. The molecule has 29 heavy (non-hydrogen) atoms. The van der Waals surface area contributed by atoms with Gasteiger partial charge < -0.3 is 9.47 Å². The van der Waals surface area contributed by atoms with Crippen LogP contribution >= 0.6 is 22.1 Å². The summed E-state index contributed by atoms with van der Waals surface area (Å²) in [6, 6.07) is 8.41. The van der Waals surface area contributed by atoms with Crippen LogP contribution in [0.3, 0.4) is 0 Å². The molecule has 0 aliphatic carbocycles. The first-order chi connectivity index (χ1) is 14.0. The minimum atomic E-state index is -0.401. The van der Waals surface area contributed by atoms with Crippen LogP contribution < -0.4 is 4.74 Å². The van der Waals surface area contributed by atoms with E-state index in [2.05, 4.69) is 30.8 Å². The standard InChI is InChI=1S/C23H27ClFNO2S/c1-4-29(5-2)16(3)20-10-11-27-14-18(20)15-28-23-9-6-17(12-21(23)25)22-8-7-19(24)13-26-22/h4,6-9,12-13,18,20H,3,5,10-11,14-15H2,1-2H3/t18-,20?,29?/m1/s1. The third kappa shape index (κ3) is 5.47. The number of ether oxygens (including phenoxy) is 2. The quantitative estimate of drug-likeness (QED) is 0.485. The maximum atomic E-state index is 14.6. The molecule has 0 bridgehead atoms. The Morgan fingerprint density at radius 1 is 1.41 bits per heavy atom. The van der Waals surface area contributed by atoms with Crippen LogP contribution in [0.15, 0.2) is 48.0 Å². The maximum Gasteiger partial charge on any atom is 0.165 e. The molecule has 0 radical (unpaired) electrons. The van der Waals surface area contributed by atoms with Gasteiger partial charge in [0, 0.05) is 24.3 Å². The molecule has 0 amide bonds. The molecule has 156 valence electrons. The van der Waals surface area contributed by atoms with Crippen LogP contribution in [0, 0.1) is 17.7 Å². The molecule has 2 aromatic rings. The van der Waals surface area contributed by atoms with E-state index in [4.69, 9.17) is 21.1 Å². The molecule has 1 aromatic carbocycles. The average Bonchev–Trinajstić information content (AvgIpc) is 2.74. The summed E-state index contributed by atoms with van der Waals surface area (Å²) in [6.07, 6.45) is 2.49. The Balaban J connectivity index is 1.69. The van der Waals surface area contributed by atoms with Crippen molar-refractivity contribution in [2.45, 2.75) is 20.3 Å². The minimum absolute atomic E-state index is 0.0991. The predicted molar refractivity (Wildman–Crippen MR) is 122 cm³/mol. The van der Waals surface area contributed by atoms with E-state index in [0.717, 1.165) is 18.8 Å². The third-order valence-corrected chi connectivity index (χ3v) is 7.62. The minimum Gasteiger partial charge on any atom is -0.490 e. The van der Waals surface area contributed by atoms with Gasteiger partial charge in [0.25, 0.3) is 0 Å². The summed E-state index contributed by atoms with van der Waals surface area (Å²) in [7, 11) is 0.0991. The van der Waals surface area contributed by atoms with Gasteiger partial charge in [-0.2, -0.15) is 10.5 Å². The van der Waals surface area contributed by atoms with E-state index < -0.39 is 5.82 Å². The van der Waals surface area contributed by atoms with E-state index in [-0.39, 0.29) is 22.2 Å². The number of hydrogen-bond acceptors (Lipinski definition) is 3. The maximum absolute atomic E-state index is 14.6. The summed E-state index contributed by atoms with van der Waals surface area (Å²) >= 11 is 5.87. The van der Waals surface area contributed by atoms with Crippen LogP contribution in [-0.4, -0.2) is 35.9 Å². The van der Waals surface area contributed by atoms with Crippen molar-refractivity contribution in [3.63, 3.8) is 0 Å². The molecule has 3 rings (SSSR count). The van der Waals surface area contributed by atoms with Gasteiger partial charge in [-0.05, 0) is 60.3 Å². The normalized spacial score (nSPS) is 20.4. The van der Waals surface area contributed by atoms with Crippen molar-refractivity contribution in [1.29, 1.82) is 0 Å². The summed E-state index contributed by atoms with van der Waals surface area (Å²) < 4.78 is 26.2. The average molecular weight is 436 g/mol. The third-order valence-electron chi connectivity index (χ3n) is 5.23. The zero-order chi connectivity index (χ0) is 20.8. The number of allylic oxidation sites excluding steroid dienone is 1. The van der Waals surface area contributed by atoms with Crippen molar-refractivity contribution in [3.8, 4) is 17.0 Å². The second-order valence-corrected chi connectivity index (χ2v) is 9.83. The molecule has 3 atom stereocenters. The monoisotopic (exact) mass is 435 g/mol. The van der Waals surface area contributed by atoms with Crippen LogP contribution in [-0.2, 0) is 4.74 Å². The van der Waals surface area contributed by atoms with Crippen molar-refractivity contribution in [3.05, 3.63) is 58.9 Å². The van der Waals surface area contributed by atoms with Gasteiger partial charge in [-0.1, -0.05) is 30.5 Å². The lowest BCUT2D eigenvalue weighted by Crippen LogP contribution is -2.33. The Hall–Kier alpha value is -1.69. The van der Waals surface area contributed by atoms with Crippen molar-refractivity contribution in [2.75, 3.05) is 25.6 Å². The largest absolute Gasteiger partial charge is 0.490 e. The lowest BCUT2D eigenvalue weighted by atomic mass is 9.89. The van der Waals surface area contributed by atoms with Crippen LogP contribution in [0.5, 0.6) is 5.75 Å². The Morgan fingerprint density at radius 2 is 2.24 bits per heavy atom. The van der Waals surface area contributed by atoms with E-state index in [1.165, 1.54) is 11.0 Å². The molecular weight excluding hydrogens is 409 g/mol. The first-order valence-electron chi connectivity index (χ1n) is 9.83. The highest BCUT2D eigenvalue weighted by Gasteiger charge is 2.29. The highest BCUT2D eigenvalue weighted by molar-refractivity contribution is 8.18. The summed E-state index contributed by atoms with van der Waals surface area (Å²) in [5.41, 5.74) is 1.35. The molecule has 0 spiro atoms. The number of aromatic nitrogens is 1. The number of halogens is 2. The second-order valence-electron chi connectivity index (χ2n) is 6.97. The number of rotatable bonds is 7. The van der Waals surface area contributed by atoms with E-state index in [9.17, 15) is 4.39 Å². The molecule has 2 unspecified atom stereocenters. The summed E-state index contributed by atoms with van der Waals surface area (Å²) in [5.74, 6) is 1.42. The van der Waals surface area contributed by atoms with Crippen LogP contribution in [0.25, 0.3) is 11.3 Å². The first-order valence-corrected chi connectivity index (χ1v) is 11.7. The number of benzene rings is 1. The SMILES string of the molecule is C=C(C1CCOC[C@@H]1COc1ccc(-c2ccc(Cl)cn2)cc1F)/S(=C/C)CC. The van der Waals surface area contributed by atoms with Gasteiger partial charge in [-0.25, -0.2) is 4.39 Å². The Bertz CT molecular complexity index is 885. The van der Waals surface area contributed by atoms with Gasteiger partial charge in [0.15, 0.2) is 11.6 Å². The molecule has 3 nitrogen and oxygen atoms in total. The first kappa shape index (κ1) is 22.0. The summed E-state index contributed by atoms with van der Waals surface area (Å²) in [6.45, 7) is 10.4. The van der Waals surface area contributed by atoms with E-state index in [1.807, 2.05) is 6.07 Å². The molecular formula is C23H27ClFNO2S. The molecule has 6 heteroatoms. The number of hydrogen-bond donors (Lipinski definition) is 0. The van der Waals surface area contributed by atoms with Crippen molar-refractivity contribution >= 4 is 27.5 Å². The Labute approximate surface area is 179 Å². The highest BCUT2D eigenvalue weighted by atomic mass is 35.5. The number of nitrogens with zero attached hydrogens (tertiary/aromatic N) is 1. The molecule has 1 aliphatic heterocycles. The fraction of sp³-hybridized carbons (Fsp3) is 0.391. The summed E-state index contributed by atoms with van der Waals surface area (Å²) in [5, 5.41) is 2.78. The topological polar surface area (TPSA) is 31.4 Å². The van der Waals surface area contributed by atoms with Gasteiger partial charge in [-0.15, -0.1) is 0 Å². The lowest BCUT2D eigenvalue weighted by Gasteiger charge is -2.33. The van der Waals surface area contributed by atoms with Gasteiger partial charge >= 0.3 is 0 Å². The van der Waals surface area contributed by atoms with Crippen molar-refractivity contribution in [1.82, 2.24) is 4.98 Å². The van der Waals surface area contributed by atoms with Gasteiger partial charge in [0.2, 0.25) is 0 Å². The lowest BCUT2D eigenvalue weighted by molar-refractivity contribution is 0.0103. The van der Waals surface area contributed by atoms with Gasteiger partial charge in [0.1, 0.15) is 0 Å². The Morgan fingerprint density at radius 3 is 2.90 bits per heavy atom. The van der Waals surface area contributed by atoms with Gasteiger partial charge in [-0.3, -0.25) is 4.98 Å². The van der Waals surface area contributed by atoms with Crippen molar-refractivity contribution < 1.29 is 13.9 Å². The van der Waals surface area contributed by atoms with Crippen LogP contribution in [0.2, 0.25) is 5.02 Å². The molecule has 0 N–H and O–H groups in total. The molecule has 0 saturated carbocycles. The van der Waals surface area contributed by atoms with Crippen LogP contribution in [0.4, 0.5) is 4.39 Å². The molecule has 1 aliphatic rings. The molecule has 1 aromatic heterocycles. The smallest absolute Gasteiger partial charge is 0.165 e. The van der Waals surface area contributed by atoms with Crippen LogP contribution in [0.1, 0.15) is 20.3 Å². The van der Waals surface area contributed by atoms with E-state index >= 15 is 0 Å². The predicted octanol–water partition coefficient (Wildman–Crippen LogP) is 6.20. The fourth-order valence-electron chi connectivity index (χ4n) is 3.60. The van der Waals surface area contributed by atoms with E-state index in [1.54, 1.807) is 24.4 Å².